The van der Waals surface area contributed by atoms with E-state index in [0.29, 0.717) is 23.7 Å². The lowest BCUT2D eigenvalue weighted by Gasteiger charge is -2.34. The molecule has 1 fully saturated rings. The van der Waals surface area contributed by atoms with Crippen molar-refractivity contribution in [2.45, 2.75) is 13.3 Å². The Hall–Kier alpha value is -1.92. The summed E-state index contributed by atoms with van der Waals surface area (Å²) >= 11 is 7.27. The van der Waals surface area contributed by atoms with Gasteiger partial charge in [0.2, 0.25) is 0 Å². The number of aromatic nitrogens is 1. The number of hydrogen-bond donors (Lipinski definition) is 1. The maximum Gasteiger partial charge on any atom is 0.308 e. The van der Waals surface area contributed by atoms with Gasteiger partial charge in [-0.25, -0.2) is 4.98 Å². The molecular formula is C17H17ClN2O3S. The van der Waals surface area contributed by atoms with Crippen molar-refractivity contribution in [1.29, 1.82) is 0 Å². The zero-order chi connectivity index (χ0) is 17.3. The molecule has 0 saturated carbocycles. The highest BCUT2D eigenvalue weighted by atomic mass is 35.5. The first-order valence-electron chi connectivity index (χ1n) is 7.67. The number of carbonyl (C=O) groups is 2. The predicted molar refractivity (Wildman–Crippen MR) is 93.4 cm³/mol. The fourth-order valence-electron chi connectivity index (χ4n) is 2.96. The quantitative estimate of drug-likeness (QED) is 0.902. The molecule has 1 aliphatic rings. The average Bonchev–Trinajstić information content (AvgIpc) is 3.04. The lowest BCUT2D eigenvalue weighted by molar-refractivity contribution is -0.143. The molecule has 2 atom stereocenters. The highest BCUT2D eigenvalue weighted by Crippen LogP contribution is 2.27. The third-order valence-electron chi connectivity index (χ3n) is 4.11. The van der Waals surface area contributed by atoms with E-state index in [9.17, 15) is 14.7 Å². The van der Waals surface area contributed by atoms with Gasteiger partial charge in [0.15, 0.2) is 0 Å². The molecule has 0 spiro atoms. The Kier molecular flexibility index (Phi) is 4.87. The van der Waals surface area contributed by atoms with Gasteiger partial charge in [-0.05, 0) is 24.5 Å². The molecule has 7 heteroatoms. The first-order valence-corrected chi connectivity index (χ1v) is 8.93. The van der Waals surface area contributed by atoms with Gasteiger partial charge in [0.05, 0.1) is 5.92 Å². The van der Waals surface area contributed by atoms with E-state index < -0.39 is 11.9 Å². The number of halogens is 1. The van der Waals surface area contributed by atoms with Crippen molar-refractivity contribution in [3.63, 3.8) is 0 Å². The second-order valence-corrected chi connectivity index (χ2v) is 7.43. The Labute approximate surface area is 148 Å². The number of nitrogens with zero attached hydrogens (tertiary/aromatic N) is 2. The molecule has 1 aliphatic heterocycles. The number of carboxylic acids is 1. The Morgan fingerprint density at radius 2 is 2.00 bits per heavy atom. The van der Waals surface area contributed by atoms with E-state index in [1.165, 1.54) is 11.3 Å². The van der Waals surface area contributed by atoms with Gasteiger partial charge in [-0.15, -0.1) is 11.3 Å². The van der Waals surface area contributed by atoms with Crippen LogP contribution in [0.15, 0.2) is 29.6 Å². The van der Waals surface area contributed by atoms with E-state index in [4.69, 9.17) is 11.6 Å². The number of likely N-dealkylation sites (tertiary alicyclic amines) is 1. The van der Waals surface area contributed by atoms with Crippen LogP contribution in [0.25, 0.3) is 10.6 Å². The van der Waals surface area contributed by atoms with Gasteiger partial charge in [-0.2, -0.15) is 0 Å². The predicted octanol–water partition coefficient (Wildman–Crippen LogP) is 3.65. The minimum Gasteiger partial charge on any atom is -0.481 e. The van der Waals surface area contributed by atoms with Crippen molar-refractivity contribution in [3.8, 4) is 10.6 Å². The van der Waals surface area contributed by atoms with Crippen LogP contribution in [0.4, 0.5) is 0 Å². The highest BCUT2D eigenvalue weighted by molar-refractivity contribution is 7.13. The number of rotatable bonds is 3. The molecule has 5 nitrogen and oxygen atoms in total. The molecule has 2 heterocycles. The molecule has 1 saturated heterocycles. The van der Waals surface area contributed by atoms with Crippen molar-refractivity contribution >= 4 is 34.8 Å². The number of carboxylic acid groups (broad SMARTS) is 1. The second kappa shape index (κ2) is 6.91. The largest absolute Gasteiger partial charge is 0.481 e. The number of thiazole rings is 1. The summed E-state index contributed by atoms with van der Waals surface area (Å²) in [6.45, 7) is 2.78. The van der Waals surface area contributed by atoms with E-state index >= 15 is 0 Å². The topological polar surface area (TPSA) is 70.5 Å². The van der Waals surface area contributed by atoms with E-state index in [2.05, 4.69) is 4.98 Å². The minimum absolute atomic E-state index is 0.165. The molecule has 2 aromatic rings. The monoisotopic (exact) mass is 364 g/mol. The Balaban J connectivity index is 1.78. The Bertz CT molecular complexity index is 759. The molecule has 0 aliphatic carbocycles. The van der Waals surface area contributed by atoms with Crippen molar-refractivity contribution in [1.82, 2.24) is 9.88 Å². The van der Waals surface area contributed by atoms with Gasteiger partial charge in [0.1, 0.15) is 10.7 Å². The van der Waals surface area contributed by atoms with Crippen LogP contribution in [0.3, 0.4) is 0 Å². The van der Waals surface area contributed by atoms with E-state index in [1.807, 2.05) is 19.1 Å². The maximum absolute atomic E-state index is 12.7. The van der Waals surface area contributed by atoms with Crippen LogP contribution in [0.5, 0.6) is 0 Å². The zero-order valence-electron chi connectivity index (χ0n) is 13.1. The van der Waals surface area contributed by atoms with Crippen LogP contribution in [0, 0.1) is 11.8 Å². The zero-order valence-corrected chi connectivity index (χ0v) is 14.7. The molecule has 3 rings (SSSR count). The number of benzene rings is 1. The van der Waals surface area contributed by atoms with Crippen LogP contribution in [0.1, 0.15) is 23.8 Å². The number of amides is 1. The summed E-state index contributed by atoms with van der Waals surface area (Å²) in [6, 6.07) is 7.28. The summed E-state index contributed by atoms with van der Waals surface area (Å²) in [6.07, 6.45) is 0.603. The lowest BCUT2D eigenvalue weighted by atomic mass is 9.90. The molecule has 24 heavy (non-hydrogen) atoms. The third kappa shape index (κ3) is 3.60. The molecule has 1 amide bonds. The van der Waals surface area contributed by atoms with Crippen LogP contribution < -0.4 is 0 Å². The van der Waals surface area contributed by atoms with E-state index in [0.717, 1.165) is 10.6 Å². The normalized spacial score (nSPS) is 20.8. The summed E-state index contributed by atoms with van der Waals surface area (Å²) in [5, 5.41) is 12.4. The van der Waals surface area contributed by atoms with Crippen molar-refractivity contribution in [3.05, 3.63) is 40.4 Å². The molecule has 1 aromatic heterocycles. The minimum atomic E-state index is -0.848. The lowest BCUT2D eigenvalue weighted by Crippen LogP contribution is -2.45. The first-order chi connectivity index (χ1) is 11.4. The summed E-state index contributed by atoms with van der Waals surface area (Å²) < 4.78 is 0. The van der Waals surface area contributed by atoms with Gasteiger partial charge >= 0.3 is 5.97 Å². The van der Waals surface area contributed by atoms with Crippen LogP contribution in [-0.4, -0.2) is 40.0 Å². The smallest absolute Gasteiger partial charge is 0.308 e. The molecule has 2 unspecified atom stereocenters. The summed E-state index contributed by atoms with van der Waals surface area (Å²) in [5.41, 5.74) is 1.27. The Morgan fingerprint density at radius 3 is 2.67 bits per heavy atom. The molecule has 0 radical (unpaired) electrons. The fraction of sp³-hybridized carbons (Fsp3) is 0.353. The number of aliphatic carboxylic acids is 1. The number of hydrogen-bond acceptors (Lipinski definition) is 4. The first kappa shape index (κ1) is 16.9. The highest BCUT2D eigenvalue weighted by Gasteiger charge is 2.33. The van der Waals surface area contributed by atoms with Gasteiger partial charge in [-0.3, -0.25) is 9.59 Å². The van der Waals surface area contributed by atoms with Crippen molar-refractivity contribution in [2.75, 3.05) is 13.1 Å². The van der Waals surface area contributed by atoms with Crippen molar-refractivity contribution in [2.24, 2.45) is 11.8 Å². The molecule has 126 valence electrons. The molecular weight excluding hydrogens is 348 g/mol. The second-order valence-electron chi connectivity index (χ2n) is 6.13. The van der Waals surface area contributed by atoms with Crippen molar-refractivity contribution < 1.29 is 14.7 Å². The summed E-state index contributed by atoms with van der Waals surface area (Å²) in [4.78, 5) is 29.9. The molecule has 0 bridgehead atoms. The number of piperidine rings is 1. The maximum atomic E-state index is 12.7. The average molecular weight is 365 g/mol. The van der Waals surface area contributed by atoms with Gasteiger partial charge in [0.25, 0.3) is 5.91 Å². The molecule has 1 aromatic carbocycles. The summed E-state index contributed by atoms with van der Waals surface area (Å²) in [5.74, 6) is -1.39. The van der Waals surface area contributed by atoms with E-state index in [-0.39, 0.29) is 18.4 Å². The van der Waals surface area contributed by atoms with Crippen LogP contribution in [0.2, 0.25) is 5.02 Å². The van der Waals surface area contributed by atoms with Gasteiger partial charge in [-0.1, -0.05) is 30.7 Å². The summed E-state index contributed by atoms with van der Waals surface area (Å²) in [7, 11) is 0. The Morgan fingerprint density at radius 1 is 1.29 bits per heavy atom. The van der Waals surface area contributed by atoms with Gasteiger partial charge in [0, 0.05) is 29.1 Å². The van der Waals surface area contributed by atoms with Crippen LogP contribution in [-0.2, 0) is 4.79 Å². The SMILES string of the molecule is CC1CC(C(=O)O)CN(C(=O)c2csc(-c3ccc(Cl)cc3)n2)C1. The number of carbonyl (C=O) groups excluding carboxylic acids is 1. The van der Waals surface area contributed by atoms with Gasteiger partial charge < -0.3 is 10.0 Å². The third-order valence-corrected chi connectivity index (χ3v) is 5.25. The fourth-order valence-corrected chi connectivity index (χ4v) is 3.88. The van der Waals surface area contributed by atoms with Crippen LogP contribution >= 0.6 is 22.9 Å². The standard InChI is InChI=1S/C17H17ClN2O3S/c1-10-6-12(17(22)23)8-20(7-10)16(21)14-9-24-15(19-14)11-2-4-13(18)5-3-11/h2-5,9-10,12H,6-8H2,1H3,(H,22,23). The molecule has 1 N–H and O–H groups in total. The van der Waals surface area contributed by atoms with E-state index in [1.54, 1.807) is 22.4 Å².